The number of rotatable bonds is 10. The maximum Gasteiger partial charge on any atom is 0.163 e. The number of benzene rings is 1. The summed E-state index contributed by atoms with van der Waals surface area (Å²) in [4.78, 5) is 0. The van der Waals surface area contributed by atoms with Gasteiger partial charge in [0.25, 0.3) is 0 Å². The molecule has 0 amide bonds. The highest BCUT2D eigenvalue weighted by atomic mass is 35.5. The predicted molar refractivity (Wildman–Crippen MR) is 116 cm³/mol. The van der Waals surface area contributed by atoms with Gasteiger partial charge in [-0.25, -0.2) is 0 Å². The molecule has 0 spiro atoms. The normalized spacial score (nSPS) is 26.8. The molecule has 2 N–H and O–H groups in total. The molecule has 5 nitrogen and oxygen atoms in total. The Labute approximate surface area is 192 Å². The van der Waals surface area contributed by atoms with Gasteiger partial charge in [0, 0.05) is 0 Å². The SMILES string of the molecule is CC1(C)O[C@@H](COCc2ccccc2)[C@H](Cl)[C@H](C(Cl)(Cl)CC[C@@H](Cl)[C@H](O)CO)O1. The van der Waals surface area contributed by atoms with E-state index in [4.69, 9.17) is 65.7 Å². The van der Waals surface area contributed by atoms with Crippen molar-refractivity contribution in [3.05, 3.63) is 35.9 Å². The van der Waals surface area contributed by atoms with Crippen molar-refractivity contribution in [1.29, 1.82) is 0 Å². The lowest BCUT2D eigenvalue weighted by Gasteiger charge is -2.47. The first-order valence-corrected chi connectivity index (χ1v) is 11.1. The molecule has 0 aromatic heterocycles. The Morgan fingerprint density at radius 3 is 2.48 bits per heavy atom. The third-order valence-electron chi connectivity index (χ3n) is 4.66. The van der Waals surface area contributed by atoms with E-state index in [0.717, 1.165) is 5.56 Å². The molecule has 0 unspecified atom stereocenters. The highest BCUT2D eigenvalue weighted by Crippen LogP contribution is 2.43. The van der Waals surface area contributed by atoms with Gasteiger partial charge in [-0.2, -0.15) is 0 Å². The summed E-state index contributed by atoms with van der Waals surface area (Å²) in [5.74, 6) is -0.961. The second-order valence-corrected chi connectivity index (χ2v) is 10.2. The van der Waals surface area contributed by atoms with Gasteiger partial charge in [0.1, 0.15) is 16.5 Å². The van der Waals surface area contributed by atoms with Gasteiger partial charge in [-0.3, -0.25) is 0 Å². The highest BCUT2D eigenvalue weighted by Gasteiger charge is 2.51. The lowest BCUT2D eigenvalue weighted by Crippen LogP contribution is -2.59. The average Bonchev–Trinajstić information content (AvgIpc) is 2.68. The minimum Gasteiger partial charge on any atom is -0.394 e. The number of aliphatic hydroxyl groups excluding tert-OH is 2. The molecule has 1 aromatic carbocycles. The molecular weight excluding hydrogens is 462 g/mol. The molecule has 29 heavy (non-hydrogen) atoms. The number of alkyl halides is 4. The third kappa shape index (κ3) is 7.67. The van der Waals surface area contributed by atoms with Crippen LogP contribution in [0.5, 0.6) is 0 Å². The number of hydrogen-bond acceptors (Lipinski definition) is 5. The molecule has 1 aliphatic heterocycles. The van der Waals surface area contributed by atoms with Crippen LogP contribution in [0.15, 0.2) is 30.3 Å². The van der Waals surface area contributed by atoms with Gasteiger partial charge in [0.05, 0.1) is 36.7 Å². The summed E-state index contributed by atoms with van der Waals surface area (Å²) in [6.45, 7) is 3.76. The Bertz CT molecular complexity index is 616. The van der Waals surface area contributed by atoms with E-state index in [0.29, 0.717) is 6.61 Å². The van der Waals surface area contributed by atoms with Crippen molar-refractivity contribution < 1.29 is 24.4 Å². The summed E-state index contributed by atoms with van der Waals surface area (Å²) in [5, 5.41) is 17.3. The molecule has 0 aliphatic carbocycles. The molecule has 1 saturated heterocycles. The first-order chi connectivity index (χ1) is 13.6. The molecule has 0 radical (unpaired) electrons. The molecule has 0 bridgehead atoms. The standard InChI is InChI=1S/C20H28Cl4O5/c1-19(2)28-16(12-27-11-13-6-4-3-5-7-13)17(22)18(29-19)20(23,24)9-8-14(21)15(26)10-25/h3-7,14-18,25-26H,8-12H2,1-2H3/t14-,15-,16+,17+,18-/m1/s1. The Hall–Kier alpha value is 0.180. The van der Waals surface area contributed by atoms with Crippen molar-refractivity contribution in [1.82, 2.24) is 0 Å². The van der Waals surface area contributed by atoms with Gasteiger partial charge in [-0.1, -0.05) is 53.5 Å². The van der Waals surface area contributed by atoms with Crippen LogP contribution in [0, 0.1) is 0 Å². The second kappa shape index (κ2) is 11.2. The van der Waals surface area contributed by atoms with E-state index in [9.17, 15) is 5.11 Å². The maximum absolute atomic E-state index is 9.64. The lowest BCUT2D eigenvalue weighted by molar-refractivity contribution is -0.305. The molecule has 166 valence electrons. The zero-order valence-electron chi connectivity index (χ0n) is 16.4. The van der Waals surface area contributed by atoms with Crippen molar-refractivity contribution >= 4 is 46.4 Å². The van der Waals surface area contributed by atoms with E-state index >= 15 is 0 Å². The monoisotopic (exact) mass is 488 g/mol. The molecule has 1 aromatic rings. The van der Waals surface area contributed by atoms with Crippen molar-refractivity contribution in [3.8, 4) is 0 Å². The van der Waals surface area contributed by atoms with E-state index in [1.807, 2.05) is 30.3 Å². The van der Waals surface area contributed by atoms with Gasteiger partial charge >= 0.3 is 0 Å². The minimum atomic E-state index is -1.37. The zero-order valence-corrected chi connectivity index (χ0v) is 19.5. The van der Waals surface area contributed by atoms with Crippen LogP contribution in [0.2, 0.25) is 0 Å². The van der Waals surface area contributed by atoms with Crippen LogP contribution in [-0.2, 0) is 20.8 Å². The number of halogens is 4. The van der Waals surface area contributed by atoms with Crippen molar-refractivity contribution in [2.75, 3.05) is 13.2 Å². The first kappa shape index (κ1) is 25.4. The zero-order chi connectivity index (χ0) is 21.7. The van der Waals surface area contributed by atoms with E-state index in [1.54, 1.807) is 13.8 Å². The van der Waals surface area contributed by atoms with E-state index in [-0.39, 0.29) is 19.4 Å². The van der Waals surface area contributed by atoms with Gasteiger partial charge in [0.2, 0.25) is 0 Å². The summed E-state index contributed by atoms with van der Waals surface area (Å²) >= 11 is 25.9. The van der Waals surface area contributed by atoms with E-state index < -0.39 is 45.8 Å². The molecule has 5 atom stereocenters. The van der Waals surface area contributed by atoms with Crippen molar-refractivity contribution in [2.24, 2.45) is 0 Å². The Balaban J connectivity index is 1.99. The van der Waals surface area contributed by atoms with Crippen LogP contribution < -0.4 is 0 Å². The fourth-order valence-corrected chi connectivity index (χ4v) is 4.40. The number of hydrogen-bond donors (Lipinski definition) is 2. The van der Waals surface area contributed by atoms with Crippen LogP contribution >= 0.6 is 46.4 Å². The van der Waals surface area contributed by atoms with E-state index in [1.165, 1.54) is 0 Å². The van der Waals surface area contributed by atoms with Gasteiger partial charge in [0.15, 0.2) is 5.79 Å². The van der Waals surface area contributed by atoms with Gasteiger partial charge < -0.3 is 24.4 Å². The van der Waals surface area contributed by atoms with Gasteiger partial charge in [-0.15, -0.1) is 23.2 Å². The Morgan fingerprint density at radius 1 is 1.21 bits per heavy atom. The highest BCUT2D eigenvalue weighted by molar-refractivity contribution is 6.49. The predicted octanol–water partition coefficient (Wildman–Crippen LogP) is 4.25. The molecular formula is C20H28Cl4O5. The Kier molecular flexibility index (Phi) is 9.80. The summed E-state index contributed by atoms with van der Waals surface area (Å²) in [5.41, 5.74) is 1.04. The summed E-state index contributed by atoms with van der Waals surface area (Å²) < 4.78 is 16.3. The fourth-order valence-electron chi connectivity index (χ4n) is 3.11. The maximum atomic E-state index is 9.64. The fraction of sp³-hybridized carbons (Fsp3) is 0.700. The Morgan fingerprint density at radius 2 is 1.86 bits per heavy atom. The smallest absolute Gasteiger partial charge is 0.163 e. The van der Waals surface area contributed by atoms with Crippen molar-refractivity contribution in [3.63, 3.8) is 0 Å². The van der Waals surface area contributed by atoms with Crippen LogP contribution in [0.4, 0.5) is 0 Å². The number of ether oxygens (including phenoxy) is 3. The lowest BCUT2D eigenvalue weighted by atomic mass is 9.99. The number of aliphatic hydroxyl groups is 2. The van der Waals surface area contributed by atoms with Crippen molar-refractivity contribution in [2.45, 2.75) is 72.5 Å². The van der Waals surface area contributed by atoms with Crippen LogP contribution in [-0.4, -0.2) is 62.6 Å². The second-order valence-electron chi connectivity index (χ2n) is 7.61. The molecule has 0 saturated carbocycles. The first-order valence-electron chi connectivity index (χ1n) is 9.48. The molecule has 1 heterocycles. The quantitative estimate of drug-likeness (QED) is 0.481. The van der Waals surface area contributed by atoms with Crippen LogP contribution in [0.25, 0.3) is 0 Å². The third-order valence-corrected chi connectivity index (χ3v) is 6.49. The van der Waals surface area contributed by atoms with Crippen LogP contribution in [0.1, 0.15) is 32.3 Å². The van der Waals surface area contributed by atoms with E-state index in [2.05, 4.69) is 0 Å². The molecule has 2 rings (SSSR count). The molecule has 1 fully saturated rings. The van der Waals surface area contributed by atoms with Crippen LogP contribution in [0.3, 0.4) is 0 Å². The summed E-state index contributed by atoms with van der Waals surface area (Å²) in [6, 6.07) is 9.78. The molecule has 1 aliphatic rings. The summed E-state index contributed by atoms with van der Waals surface area (Å²) in [6.07, 6.45) is -1.81. The molecule has 9 heteroatoms. The topological polar surface area (TPSA) is 68.2 Å². The van der Waals surface area contributed by atoms with Gasteiger partial charge in [-0.05, 0) is 32.3 Å². The largest absolute Gasteiger partial charge is 0.394 e. The minimum absolute atomic E-state index is 0.211. The summed E-state index contributed by atoms with van der Waals surface area (Å²) in [7, 11) is 0. The average molecular weight is 490 g/mol.